The van der Waals surface area contributed by atoms with E-state index in [1.54, 1.807) is 0 Å². The quantitative estimate of drug-likeness (QED) is 0.721. The van der Waals surface area contributed by atoms with Crippen LogP contribution in [0, 0.1) is 0 Å². The summed E-state index contributed by atoms with van der Waals surface area (Å²) < 4.78 is 0. The van der Waals surface area contributed by atoms with E-state index in [0.29, 0.717) is 24.2 Å². The summed E-state index contributed by atoms with van der Waals surface area (Å²) in [4.78, 5) is 26.9. The number of fused-ring (bicyclic) bond motifs is 2. The van der Waals surface area contributed by atoms with Gasteiger partial charge in [0.15, 0.2) is 0 Å². The molecule has 3 heterocycles. The third-order valence-electron chi connectivity index (χ3n) is 5.27. The molecule has 1 saturated carbocycles. The number of hydrogen-bond donors (Lipinski definition) is 1. The lowest BCUT2D eigenvalue weighted by Gasteiger charge is -2.28. The topological polar surface area (TPSA) is 61.9 Å². The van der Waals surface area contributed by atoms with Crippen LogP contribution < -0.4 is 5.56 Å². The molecule has 0 saturated heterocycles. The van der Waals surface area contributed by atoms with Crippen LogP contribution in [-0.2, 0) is 19.5 Å². The summed E-state index contributed by atoms with van der Waals surface area (Å²) in [6.07, 6.45) is 3.08. The first-order chi connectivity index (χ1) is 12.7. The van der Waals surface area contributed by atoms with Crippen molar-refractivity contribution in [1.82, 2.24) is 19.9 Å². The molecular formula is C20H19ClN4O. The summed E-state index contributed by atoms with van der Waals surface area (Å²) in [7, 11) is 0. The van der Waals surface area contributed by atoms with Crippen LogP contribution in [0.4, 0.5) is 0 Å². The molecule has 0 spiro atoms. The van der Waals surface area contributed by atoms with E-state index in [9.17, 15) is 4.79 Å². The maximum atomic E-state index is 12.5. The number of nitrogens with zero attached hydrogens (tertiary/aromatic N) is 3. The number of hydrogen-bond acceptors (Lipinski definition) is 4. The molecule has 5 nitrogen and oxygen atoms in total. The summed E-state index contributed by atoms with van der Waals surface area (Å²) in [6.45, 7) is 2.16. The number of nitrogens with one attached hydrogen (secondary N) is 1. The fourth-order valence-corrected chi connectivity index (χ4v) is 3.88. The highest BCUT2D eigenvalue weighted by Crippen LogP contribution is 2.37. The number of halogens is 1. The van der Waals surface area contributed by atoms with E-state index in [-0.39, 0.29) is 5.56 Å². The number of pyridine rings is 1. The van der Waals surface area contributed by atoms with E-state index in [1.165, 1.54) is 0 Å². The molecule has 3 aromatic rings. The zero-order chi connectivity index (χ0) is 17.7. The Kier molecular flexibility index (Phi) is 3.80. The lowest BCUT2D eigenvalue weighted by molar-refractivity contribution is 0.241. The molecule has 0 amide bonds. The van der Waals surface area contributed by atoms with Crippen molar-refractivity contribution >= 4 is 22.5 Å². The Bertz CT molecular complexity index is 1060. The fourth-order valence-electron chi connectivity index (χ4n) is 3.67. The summed E-state index contributed by atoms with van der Waals surface area (Å²) in [6, 6.07) is 10.1. The Labute approximate surface area is 156 Å². The largest absolute Gasteiger partial charge is 0.310 e. The molecule has 2 aliphatic rings. The monoisotopic (exact) mass is 366 g/mol. The van der Waals surface area contributed by atoms with Gasteiger partial charge in [0.25, 0.3) is 5.56 Å². The molecule has 1 fully saturated rings. The van der Waals surface area contributed by atoms with Crippen LogP contribution in [0.3, 0.4) is 0 Å². The summed E-state index contributed by atoms with van der Waals surface area (Å²) in [5, 5.41) is 1.61. The first kappa shape index (κ1) is 16.0. The van der Waals surface area contributed by atoms with E-state index in [4.69, 9.17) is 16.6 Å². The number of H-pyrrole nitrogens is 1. The van der Waals surface area contributed by atoms with Crippen molar-refractivity contribution in [2.75, 3.05) is 6.54 Å². The molecular weight excluding hydrogens is 348 g/mol. The van der Waals surface area contributed by atoms with Crippen molar-refractivity contribution in [3.8, 4) is 0 Å². The molecule has 0 atom stereocenters. The normalized spacial score (nSPS) is 17.4. The lowest BCUT2D eigenvalue weighted by Crippen LogP contribution is -2.35. The Morgan fingerprint density at radius 3 is 2.92 bits per heavy atom. The van der Waals surface area contributed by atoms with Gasteiger partial charge in [-0.3, -0.25) is 9.69 Å². The number of rotatable bonds is 3. The highest BCUT2D eigenvalue weighted by Gasteiger charge is 2.29. The smallest absolute Gasteiger partial charge is 0.255 e. The summed E-state index contributed by atoms with van der Waals surface area (Å²) in [5.41, 5.74) is 3.68. The minimum atomic E-state index is 0.0179. The predicted octanol–water partition coefficient (Wildman–Crippen LogP) is 3.41. The maximum absolute atomic E-state index is 12.5. The van der Waals surface area contributed by atoms with Crippen molar-refractivity contribution in [3.63, 3.8) is 0 Å². The van der Waals surface area contributed by atoms with Gasteiger partial charge in [0.1, 0.15) is 11.0 Å². The van der Waals surface area contributed by atoms with E-state index < -0.39 is 0 Å². The number of aromatic nitrogens is 3. The number of para-hydroxylation sites is 1. The van der Waals surface area contributed by atoms with Crippen LogP contribution in [0.15, 0.2) is 35.1 Å². The SMILES string of the molecule is O=c1[nH]c(C2CC2)nc2c1CN(Cc1cc3ccccc3nc1Cl)CC2. The molecule has 2 aromatic heterocycles. The average Bonchev–Trinajstić information content (AvgIpc) is 3.48. The molecule has 5 rings (SSSR count). The summed E-state index contributed by atoms with van der Waals surface area (Å²) in [5.74, 6) is 1.34. The van der Waals surface area contributed by atoms with Crippen molar-refractivity contribution < 1.29 is 0 Å². The molecule has 0 unspecified atom stereocenters. The van der Waals surface area contributed by atoms with Crippen LogP contribution >= 0.6 is 11.6 Å². The van der Waals surface area contributed by atoms with Crippen molar-refractivity contribution in [1.29, 1.82) is 0 Å². The molecule has 26 heavy (non-hydrogen) atoms. The molecule has 0 radical (unpaired) electrons. The minimum Gasteiger partial charge on any atom is -0.310 e. The van der Waals surface area contributed by atoms with Crippen LogP contribution in [0.25, 0.3) is 10.9 Å². The minimum absolute atomic E-state index is 0.0179. The van der Waals surface area contributed by atoms with E-state index >= 15 is 0 Å². The Balaban J connectivity index is 1.41. The van der Waals surface area contributed by atoms with Gasteiger partial charge < -0.3 is 4.98 Å². The molecule has 1 aliphatic heterocycles. The first-order valence-electron chi connectivity index (χ1n) is 9.06. The second-order valence-electron chi connectivity index (χ2n) is 7.24. The molecule has 132 valence electrons. The van der Waals surface area contributed by atoms with E-state index in [2.05, 4.69) is 20.9 Å². The third kappa shape index (κ3) is 2.91. The summed E-state index contributed by atoms with van der Waals surface area (Å²) >= 11 is 6.40. The molecule has 1 N–H and O–H groups in total. The number of aromatic amines is 1. The molecule has 1 aliphatic carbocycles. The van der Waals surface area contributed by atoms with E-state index in [0.717, 1.165) is 59.4 Å². The van der Waals surface area contributed by atoms with E-state index in [1.807, 2.05) is 24.3 Å². The predicted molar refractivity (Wildman–Crippen MR) is 101 cm³/mol. The van der Waals surface area contributed by atoms with Crippen LogP contribution in [0.5, 0.6) is 0 Å². The number of benzene rings is 1. The lowest BCUT2D eigenvalue weighted by atomic mass is 10.1. The van der Waals surface area contributed by atoms with Crippen molar-refractivity contribution in [2.45, 2.75) is 38.3 Å². The standard InChI is InChI=1S/C20H19ClN4O/c21-18-14(9-13-3-1-2-4-16(13)22-18)10-25-8-7-17-15(11-25)20(26)24-19(23-17)12-5-6-12/h1-4,9,12H,5-8,10-11H2,(H,23,24,26). The van der Waals surface area contributed by atoms with Gasteiger partial charge in [-0.05, 0) is 25.0 Å². The van der Waals surface area contributed by atoms with Crippen LogP contribution in [0.1, 0.15) is 41.4 Å². The van der Waals surface area contributed by atoms with Crippen LogP contribution in [-0.4, -0.2) is 26.4 Å². The zero-order valence-electron chi connectivity index (χ0n) is 14.3. The van der Waals surface area contributed by atoms with Crippen molar-refractivity contribution in [3.05, 3.63) is 68.5 Å². The first-order valence-corrected chi connectivity index (χ1v) is 9.43. The van der Waals surface area contributed by atoms with Gasteiger partial charge in [0.2, 0.25) is 0 Å². The average molecular weight is 367 g/mol. The molecule has 0 bridgehead atoms. The van der Waals surface area contributed by atoms with Gasteiger partial charge in [0.05, 0.1) is 16.8 Å². The van der Waals surface area contributed by atoms with Gasteiger partial charge in [-0.1, -0.05) is 29.8 Å². The Morgan fingerprint density at radius 2 is 2.08 bits per heavy atom. The zero-order valence-corrected chi connectivity index (χ0v) is 15.1. The fraction of sp³-hybridized carbons (Fsp3) is 0.350. The van der Waals surface area contributed by atoms with Crippen molar-refractivity contribution in [2.24, 2.45) is 0 Å². The third-order valence-corrected chi connectivity index (χ3v) is 5.60. The van der Waals surface area contributed by atoms with Crippen LogP contribution in [0.2, 0.25) is 5.15 Å². The Morgan fingerprint density at radius 1 is 1.23 bits per heavy atom. The Hall–Kier alpha value is -2.24. The van der Waals surface area contributed by atoms with Gasteiger partial charge >= 0.3 is 0 Å². The molecule has 6 heteroatoms. The molecule has 1 aromatic carbocycles. The van der Waals surface area contributed by atoms with Gasteiger partial charge in [-0.2, -0.15) is 0 Å². The second kappa shape index (κ2) is 6.18. The highest BCUT2D eigenvalue weighted by atomic mass is 35.5. The second-order valence-corrected chi connectivity index (χ2v) is 7.60. The van der Waals surface area contributed by atoms with Gasteiger partial charge in [-0.15, -0.1) is 0 Å². The van der Waals surface area contributed by atoms with Gasteiger partial charge in [0, 0.05) is 42.9 Å². The highest BCUT2D eigenvalue weighted by molar-refractivity contribution is 6.30. The van der Waals surface area contributed by atoms with Gasteiger partial charge in [-0.25, -0.2) is 9.97 Å². The maximum Gasteiger partial charge on any atom is 0.255 e.